The number of aliphatic hydroxyl groups is 1. The molecular weight excluding hydrogens is 196 g/mol. The normalized spacial score (nSPS) is 12.5. The molecule has 0 bridgehead atoms. The number of aliphatic hydroxyl groups excluding tert-OH is 1. The van der Waals surface area contributed by atoms with Crippen molar-refractivity contribution in [2.45, 2.75) is 26.3 Å². The molecule has 0 spiro atoms. The average molecular weight is 218 g/mol. The van der Waals surface area contributed by atoms with Gasteiger partial charge in [-0.15, -0.1) is 0 Å². The Labute approximate surface area is 91.2 Å². The monoisotopic (exact) mass is 218 g/mol. The lowest BCUT2D eigenvalue weighted by Gasteiger charge is -2.12. The van der Waals surface area contributed by atoms with E-state index in [9.17, 15) is 4.79 Å². The summed E-state index contributed by atoms with van der Waals surface area (Å²) in [5.41, 5.74) is 0. The van der Waals surface area contributed by atoms with Crippen molar-refractivity contribution < 1.29 is 14.6 Å². The van der Waals surface area contributed by atoms with Gasteiger partial charge in [0.2, 0.25) is 5.91 Å². The van der Waals surface area contributed by atoms with Crippen LogP contribution in [0.25, 0.3) is 0 Å². The molecule has 0 heterocycles. The average Bonchev–Trinajstić information content (AvgIpc) is 2.23. The Morgan fingerprint density at radius 1 is 1.47 bits per heavy atom. The lowest BCUT2D eigenvalue weighted by Crippen LogP contribution is -2.42. The molecular formula is C10H22N2O3. The zero-order valence-electron chi connectivity index (χ0n) is 9.58. The van der Waals surface area contributed by atoms with Crippen molar-refractivity contribution in [3.05, 3.63) is 0 Å². The van der Waals surface area contributed by atoms with Crippen LogP contribution in [-0.4, -0.2) is 50.0 Å². The van der Waals surface area contributed by atoms with Crippen LogP contribution in [0.5, 0.6) is 0 Å². The van der Waals surface area contributed by atoms with E-state index < -0.39 is 0 Å². The van der Waals surface area contributed by atoms with Gasteiger partial charge in [-0.05, 0) is 26.8 Å². The number of hydrogen-bond acceptors (Lipinski definition) is 4. The fourth-order valence-corrected chi connectivity index (χ4v) is 1.08. The van der Waals surface area contributed by atoms with Gasteiger partial charge >= 0.3 is 0 Å². The maximum atomic E-state index is 11.3. The Morgan fingerprint density at radius 3 is 2.80 bits per heavy atom. The van der Waals surface area contributed by atoms with E-state index in [0.717, 1.165) is 13.0 Å². The van der Waals surface area contributed by atoms with Crippen LogP contribution in [0, 0.1) is 0 Å². The van der Waals surface area contributed by atoms with Crippen LogP contribution in [0.3, 0.4) is 0 Å². The quantitative estimate of drug-likeness (QED) is 0.456. The maximum absolute atomic E-state index is 11.3. The Hall–Kier alpha value is -0.650. The minimum Gasteiger partial charge on any atom is -0.394 e. The number of ether oxygens (including phenoxy) is 1. The number of amides is 1. The van der Waals surface area contributed by atoms with Gasteiger partial charge in [0.1, 0.15) is 0 Å². The fraction of sp³-hybridized carbons (Fsp3) is 0.900. The highest BCUT2D eigenvalue weighted by atomic mass is 16.5. The molecule has 1 unspecified atom stereocenters. The highest BCUT2D eigenvalue weighted by Crippen LogP contribution is 1.85. The molecule has 90 valence electrons. The van der Waals surface area contributed by atoms with Gasteiger partial charge in [0.15, 0.2) is 0 Å². The minimum atomic E-state index is -0.164. The first-order valence-electron chi connectivity index (χ1n) is 5.42. The molecule has 0 aliphatic rings. The zero-order valence-corrected chi connectivity index (χ0v) is 9.58. The number of rotatable bonds is 9. The van der Waals surface area contributed by atoms with E-state index in [4.69, 9.17) is 9.84 Å². The van der Waals surface area contributed by atoms with E-state index in [0.29, 0.717) is 19.8 Å². The summed E-state index contributed by atoms with van der Waals surface area (Å²) in [5.74, 6) is 0.0220. The molecule has 1 atom stereocenters. The second kappa shape index (κ2) is 9.89. The van der Waals surface area contributed by atoms with E-state index in [1.807, 2.05) is 13.8 Å². The molecule has 0 radical (unpaired) electrons. The summed E-state index contributed by atoms with van der Waals surface area (Å²) >= 11 is 0. The van der Waals surface area contributed by atoms with Gasteiger partial charge in [0, 0.05) is 13.2 Å². The molecule has 5 heteroatoms. The van der Waals surface area contributed by atoms with E-state index >= 15 is 0 Å². The molecule has 1 amide bonds. The fourth-order valence-electron chi connectivity index (χ4n) is 1.08. The summed E-state index contributed by atoms with van der Waals surface area (Å²) < 4.78 is 5.08. The second-order valence-electron chi connectivity index (χ2n) is 3.26. The smallest absolute Gasteiger partial charge is 0.236 e. The zero-order chi connectivity index (χ0) is 11.5. The summed E-state index contributed by atoms with van der Waals surface area (Å²) in [6.45, 7) is 6.17. The van der Waals surface area contributed by atoms with Crippen LogP contribution in [0.15, 0.2) is 0 Å². The lowest BCUT2D eigenvalue weighted by atomic mass is 10.3. The molecule has 3 N–H and O–H groups in total. The highest BCUT2D eigenvalue weighted by molar-refractivity contribution is 5.81. The molecule has 0 fully saturated rings. The highest BCUT2D eigenvalue weighted by Gasteiger charge is 2.09. The van der Waals surface area contributed by atoms with E-state index in [-0.39, 0.29) is 18.6 Å². The second-order valence-corrected chi connectivity index (χ2v) is 3.26. The molecule has 0 aromatic heterocycles. The Bertz CT molecular complexity index is 165. The number of likely N-dealkylation sites (N-methyl/N-ethyl adjacent to an activating group) is 1. The molecule has 0 saturated heterocycles. The van der Waals surface area contributed by atoms with E-state index in [1.165, 1.54) is 0 Å². The van der Waals surface area contributed by atoms with Crippen LogP contribution in [0.4, 0.5) is 0 Å². The third-order valence-corrected chi connectivity index (χ3v) is 1.90. The Morgan fingerprint density at radius 2 is 2.20 bits per heavy atom. The molecule has 15 heavy (non-hydrogen) atoms. The molecule has 0 saturated carbocycles. The summed E-state index contributed by atoms with van der Waals surface area (Å²) in [4.78, 5) is 11.3. The molecule has 0 aromatic rings. The largest absolute Gasteiger partial charge is 0.394 e. The molecule has 0 aliphatic carbocycles. The van der Waals surface area contributed by atoms with Crippen LogP contribution in [-0.2, 0) is 9.53 Å². The van der Waals surface area contributed by atoms with Crippen molar-refractivity contribution >= 4 is 5.91 Å². The number of carbonyl (C=O) groups excluding carboxylic acids is 1. The summed E-state index contributed by atoms with van der Waals surface area (Å²) in [6.07, 6.45) is 0.837. The first-order chi connectivity index (χ1) is 7.22. The predicted octanol–water partition coefficient (Wildman–Crippen LogP) is -0.500. The third-order valence-electron chi connectivity index (χ3n) is 1.90. The van der Waals surface area contributed by atoms with Crippen molar-refractivity contribution in [2.24, 2.45) is 0 Å². The first kappa shape index (κ1) is 14.3. The molecule has 0 rings (SSSR count). The standard InChI is InChI=1S/C10H22N2O3/c1-3-11-10(14)9(2)12-5-4-7-15-8-6-13/h9,12-13H,3-8H2,1-2H3,(H,11,14). The van der Waals surface area contributed by atoms with Crippen molar-refractivity contribution in [2.75, 3.05) is 32.9 Å². The topological polar surface area (TPSA) is 70.6 Å². The van der Waals surface area contributed by atoms with Gasteiger partial charge in [0.25, 0.3) is 0 Å². The summed E-state index contributed by atoms with van der Waals surface area (Å²) in [6, 6.07) is -0.164. The maximum Gasteiger partial charge on any atom is 0.236 e. The van der Waals surface area contributed by atoms with Crippen molar-refractivity contribution in [1.29, 1.82) is 0 Å². The van der Waals surface area contributed by atoms with Gasteiger partial charge in [-0.3, -0.25) is 4.79 Å². The Balaban J connectivity index is 3.30. The predicted molar refractivity (Wildman–Crippen MR) is 58.7 cm³/mol. The lowest BCUT2D eigenvalue weighted by molar-refractivity contribution is -0.122. The minimum absolute atomic E-state index is 0.0220. The van der Waals surface area contributed by atoms with Crippen molar-refractivity contribution in [3.8, 4) is 0 Å². The number of hydrogen-bond donors (Lipinski definition) is 3. The van der Waals surface area contributed by atoms with E-state index in [2.05, 4.69) is 10.6 Å². The van der Waals surface area contributed by atoms with Gasteiger partial charge in [0.05, 0.1) is 19.3 Å². The Kier molecular flexibility index (Phi) is 9.46. The van der Waals surface area contributed by atoms with Gasteiger partial charge in [-0.25, -0.2) is 0 Å². The van der Waals surface area contributed by atoms with Gasteiger partial charge in [-0.2, -0.15) is 0 Å². The van der Waals surface area contributed by atoms with Crippen LogP contribution in [0.1, 0.15) is 20.3 Å². The number of nitrogens with one attached hydrogen (secondary N) is 2. The van der Waals surface area contributed by atoms with Crippen LogP contribution < -0.4 is 10.6 Å². The van der Waals surface area contributed by atoms with Crippen LogP contribution in [0.2, 0.25) is 0 Å². The van der Waals surface area contributed by atoms with E-state index in [1.54, 1.807) is 0 Å². The number of carbonyl (C=O) groups is 1. The molecule has 0 aromatic carbocycles. The van der Waals surface area contributed by atoms with Crippen molar-refractivity contribution in [1.82, 2.24) is 10.6 Å². The summed E-state index contributed by atoms with van der Waals surface area (Å²) in [7, 11) is 0. The SMILES string of the molecule is CCNC(=O)C(C)NCCCOCCO. The third kappa shape index (κ3) is 8.35. The molecule has 5 nitrogen and oxygen atoms in total. The van der Waals surface area contributed by atoms with Crippen molar-refractivity contribution in [3.63, 3.8) is 0 Å². The van der Waals surface area contributed by atoms with Crippen LogP contribution >= 0.6 is 0 Å². The molecule has 0 aliphatic heterocycles. The first-order valence-corrected chi connectivity index (χ1v) is 5.42. The summed E-state index contributed by atoms with van der Waals surface area (Å²) in [5, 5.41) is 14.3. The van der Waals surface area contributed by atoms with Gasteiger partial charge < -0.3 is 20.5 Å². The van der Waals surface area contributed by atoms with Gasteiger partial charge in [-0.1, -0.05) is 0 Å².